The second-order valence-corrected chi connectivity index (χ2v) is 6.12. The Bertz CT molecular complexity index is 953. The van der Waals surface area contributed by atoms with Crippen LogP contribution < -0.4 is 0 Å². The van der Waals surface area contributed by atoms with Crippen molar-refractivity contribution >= 4 is 22.5 Å². The molecule has 2 heterocycles. The number of benzene rings is 2. The molecule has 0 unspecified atom stereocenters. The zero-order chi connectivity index (χ0) is 15.6. The van der Waals surface area contributed by atoms with E-state index < -0.39 is 0 Å². The molecule has 4 nitrogen and oxygen atoms in total. The van der Waals surface area contributed by atoms with Crippen molar-refractivity contribution < 1.29 is 8.83 Å². The topological polar surface area (TPSA) is 52.1 Å². The fraction of sp³-hybridized carbons (Fsp3) is 0.111. The molecule has 5 heteroatoms. The number of hydrogen-bond acceptors (Lipinski definition) is 5. The highest BCUT2D eigenvalue weighted by Gasteiger charge is 2.13. The van der Waals surface area contributed by atoms with Crippen molar-refractivity contribution in [2.24, 2.45) is 0 Å². The lowest BCUT2D eigenvalue weighted by molar-refractivity contribution is 0.463. The van der Waals surface area contributed by atoms with Crippen LogP contribution in [0, 0.1) is 6.92 Å². The van der Waals surface area contributed by atoms with Crippen LogP contribution in [-0.4, -0.2) is 10.2 Å². The fourth-order valence-corrected chi connectivity index (χ4v) is 3.31. The number of aromatic nitrogens is 2. The molecule has 4 aromatic rings. The summed E-state index contributed by atoms with van der Waals surface area (Å²) in [7, 11) is 0. The Balaban J connectivity index is 1.55. The van der Waals surface area contributed by atoms with Gasteiger partial charge in [-0.05, 0) is 29.3 Å². The van der Waals surface area contributed by atoms with E-state index in [2.05, 4.69) is 52.7 Å². The van der Waals surface area contributed by atoms with Gasteiger partial charge in [-0.2, -0.15) is 0 Å². The van der Waals surface area contributed by atoms with Gasteiger partial charge in [0.2, 0.25) is 0 Å². The minimum Gasteiger partial charge on any atom is -0.469 e. The van der Waals surface area contributed by atoms with Crippen LogP contribution in [0.1, 0.15) is 11.3 Å². The lowest BCUT2D eigenvalue weighted by Crippen LogP contribution is -1.84. The van der Waals surface area contributed by atoms with E-state index in [1.54, 1.807) is 18.0 Å². The molecule has 0 aliphatic carbocycles. The smallest absolute Gasteiger partial charge is 0.277 e. The van der Waals surface area contributed by atoms with E-state index in [1.165, 1.54) is 16.3 Å². The summed E-state index contributed by atoms with van der Waals surface area (Å²) in [4.78, 5) is 0. The average Bonchev–Trinajstić information content (AvgIpc) is 3.21. The molecule has 0 amide bonds. The van der Waals surface area contributed by atoms with Gasteiger partial charge in [-0.15, -0.1) is 10.2 Å². The minimum absolute atomic E-state index is 0.497. The summed E-state index contributed by atoms with van der Waals surface area (Å²) in [6.45, 7) is 1.88. The molecular formula is C18H14N2O2S. The van der Waals surface area contributed by atoms with Gasteiger partial charge in [-0.1, -0.05) is 54.2 Å². The Labute approximate surface area is 137 Å². The van der Waals surface area contributed by atoms with Crippen molar-refractivity contribution in [3.05, 3.63) is 66.1 Å². The summed E-state index contributed by atoms with van der Waals surface area (Å²) in [6, 6.07) is 16.5. The Hall–Kier alpha value is -2.53. The zero-order valence-corrected chi connectivity index (χ0v) is 13.3. The Kier molecular flexibility index (Phi) is 3.63. The highest BCUT2D eigenvalue weighted by atomic mass is 32.2. The number of aryl methyl sites for hydroxylation is 1. The summed E-state index contributed by atoms with van der Waals surface area (Å²) < 4.78 is 11.0. The highest BCUT2D eigenvalue weighted by Crippen LogP contribution is 2.29. The van der Waals surface area contributed by atoms with Gasteiger partial charge in [0, 0.05) is 5.75 Å². The third-order valence-electron chi connectivity index (χ3n) is 3.73. The number of furan rings is 1. The molecule has 2 aromatic heterocycles. The van der Waals surface area contributed by atoms with Gasteiger partial charge in [0.15, 0.2) is 0 Å². The number of nitrogens with zero attached hydrogens (tertiary/aromatic N) is 2. The van der Waals surface area contributed by atoms with Crippen LogP contribution >= 0.6 is 11.8 Å². The molecule has 0 N–H and O–H groups in total. The standard InChI is InChI=1S/C18H14N2O2S/c1-12-15(9-10-21-12)17-19-20-18(22-17)23-11-14-7-4-6-13-5-2-3-8-16(13)14/h2-10H,11H2,1H3. The molecule has 0 atom stereocenters. The van der Waals surface area contributed by atoms with E-state index in [9.17, 15) is 0 Å². The quantitative estimate of drug-likeness (QED) is 0.490. The largest absolute Gasteiger partial charge is 0.469 e. The minimum atomic E-state index is 0.497. The first kappa shape index (κ1) is 14.1. The van der Waals surface area contributed by atoms with Crippen molar-refractivity contribution in [2.45, 2.75) is 17.9 Å². The molecule has 2 aromatic carbocycles. The first-order valence-electron chi connectivity index (χ1n) is 7.29. The Morgan fingerprint density at radius 1 is 1.00 bits per heavy atom. The van der Waals surface area contributed by atoms with Gasteiger partial charge in [-0.25, -0.2) is 0 Å². The average molecular weight is 322 g/mol. The number of rotatable bonds is 4. The van der Waals surface area contributed by atoms with Crippen molar-refractivity contribution in [1.29, 1.82) is 0 Å². The lowest BCUT2D eigenvalue weighted by atomic mass is 10.1. The van der Waals surface area contributed by atoms with Crippen LogP contribution in [0.4, 0.5) is 0 Å². The predicted molar refractivity (Wildman–Crippen MR) is 90.2 cm³/mol. The lowest BCUT2D eigenvalue weighted by Gasteiger charge is -2.04. The van der Waals surface area contributed by atoms with Crippen molar-refractivity contribution in [3.63, 3.8) is 0 Å². The summed E-state index contributed by atoms with van der Waals surface area (Å²) in [5.41, 5.74) is 2.10. The van der Waals surface area contributed by atoms with E-state index >= 15 is 0 Å². The van der Waals surface area contributed by atoms with E-state index in [0.29, 0.717) is 11.1 Å². The van der Waals surface area contributed by atoms with Crippen molar-refractivity contribution in [2.75, 3.05) is 0 Å². The monoisotopic (exact) mass is 322 g/mol. The highest BCUT2D eigenvalue weighted by molar-refractivity contribution is 7.98. The fourth-order valence-electron chi connectivity index (χ4n) is 2.54. The van der Waals surface area contributed by atoms with E-state index in [4.69, 9.17) is 8.83 Å². The summed E-state index contributed by atoms with van der Waals surface area (Å²) in [6.07, 6.45) is 1.62. The van der Waals surface area contributed by atoms with Gasteiger partial charge in [0.1, 0.15) is 5.76 Å². The van der Waals surface area contributed by atoms with Crippen molar-refractivity contribution in [3.8, 4) is 11.5 Å². The molecular weight excluding hydrogens is 308 g/mol. The number of thioether (sulfide) groups is 1. The molecule has 0 bridgehead atoms. The molecule has 0 saturated heterocycles. The predicted octanol–water partition coefficient (Wildman–Crippen LogP) is 5.08. The van der Waals surface area contributed by atoms with Crippen LogP contribution in [0.25, 0.3) is 22.2 Å². The van der Waals surface area contributed by atoms with Crippen LogP contribution in [0.5, 0.6) is 0 Å². The van der Waals surface area contributed by atoms with Gasteiger partial charge in [0.25, 0.3) is 11.1 Å². The maximum Gasteiger partial charge on any atom is 0.277 e. The summed E-state index contributed by atoms with van der Waals surface area (Å²) >= 11 is 1.54. The molecule has 114 valence electrons. The van der Waals surface area contributed by atoms with E-state index in [0.717, 1.165) is 17.1 Å². The maximum absolute atomic E-state index is 5.72. The van der Waals surface area contributed by atoms with Gasteiger partial charge in [0.05, 0.1) is 11.8 Å². The molecule has 23 heavy (non-hydrogen) atoms. The zero-order valence-electron chi connectivity index (χ0n) is 12.5. The van der Waals surface area contributed by atoms with E-state index in [1.807, 2.05) is 13.0 Å². The van der Waals surface area contributed by atoms with E-state index in [-0.39, 0.29) is 0 Å². The van der Waals surface area contributed by atoms with Crippen LogP contribution in [0.15, 0.2) is 68.9 Å². The molecule has 0 aliphatic heterocycles. The van der Waals surface area contributed by atoms with Crippen LogP contribution in [0.3, 0.4) is 0 Å². The molecule has 0 aliphatic rings. The molecule has 4 rings (SSSR count). The number of hydrogen-bond donors (Lipinski definition) is 0. The van der Waals surface area contributed by atoms with Gasteiger partial charge >= 0.3 is 0 Å². The molecule has 0 fully saturated rings. The second-order valence-electron chi connectivity index (χ2n) is 5.19. The Morgan fingerprint density at radius 2 is 1.87 bits per heavy atom. The second kappa shape index (κ2) is 5.93. The first-order chi connectivity index (χ1) is 11.3. The van der Waals surface area contributed by atoms with Gasteiger partial charge in [-0.3, -0.25) is 0 Å². The SMILES string of the molecule is Cc1occc1-c1nnc(SCc2cccc3ccccc23)o1. The van der Waals surface area contributed by atoms with Crippen LogP contribution in [0.2, 0.25) is 0 Å². The van der Waals surface area contributed by atoms with Crippen molar-refractivity contribution in [1.82, 2.24) is 10.2 Å². The van der Waals surface area contributed by atoms with Gasteiger partial charge < -0.3 is 8.83 Å². The molecule has 0 spiro atoms. The summed E-state index contributed by atoms with van der Waals surface area (Å²) in [5.74, 6) is 2.06. The summed E-state index contributed by atoms with van der Waals surface area (Å²) in [5, 5.41) is 11.3. The molecule has 0 saturated carbocycles. The third kappa shape index (κ3) is 2.75. The first-order valence-corrected chi connectivity index (χ1v) is 8.27. The maximum atomic E-state index is 5.72. The Morgan fingerprint density at radius 3 is 2.74 bits per heavy atom. The normalized spacial score (nSPS) is 11.2. The number of fused-ring (bicyclic) bond motifs is 1. The van der Waals surface area contributed by atoms with Crippen LogP contribution in [-0.2, 0) is 5.75 Å². The third-order valence-corrected chi connectivity index (χ3v) is 4.59. The molecule has 0 radical (unpaired) electrons.